The average Bonchev–Trinajstić information content (AvgIpc) is 2.28. The molecule has 0 atom stereocenters. The van der Waals surface area contributed by atoms with Crippen LogP contribution in [0.2, 0.25) is 5.02 Å². The molecule has 0 aliphatic carbocycles. The highest BCUT2D eigenvalue weighted by Gasteiger charge is 2.02. The van der Waals surface area contributed by atoms with E-state index in [1.165, 1.54) is 24.3 Å². The summed E-state index contributed by atoms with van der Waals surface area (Å²) in [5.74, 6) is -0.789. The lowest BCUT2D eigenvalue weighted by atomic mass is 10.2. The second-order valence-corrected chi connectivity index (χ2v) is 3.90. The first kappa shape index (κ1) is 11.8. The van der Waals surface area contributed by atoms with Crippen LogP contribution in [0.3, 0.4) is 0 Å². The fourth-order valence-electron chi connectivity index (χ4n) is 1.38. The lowest BCUT2D eigenvalue weighted by Crippen LogP contribution is -2.01. The highest BCUT2D eigenvalue weighted by atomic mass is 35.5. The fourth-order valence-corrected chi connectivity index (χ4v) is 1.62. The van der Waals surface area contributed by atoms with Gasteiger partial charge in [0.15, 0.2) is 0 Å². The Labute approximate surface area is 102 Å². The van der Waals surface area contributed by atoms with Gasteiger partial charge in [-0.2, -0.15) is 0 Å². The molecule has 88 valence electrons. The second-order valence-electron chi connectivity index (χ2n) is 3.49. The van der Waals surface area contributed by atoms with Crippen LogP contribution in [0.4, 0.5) is 14.5 Å². The Morgan fingerprint density at radius 1 is 1.12 bits per heavy atom. The molecular weight excluding hydrogens is 246 g/mol. The zero-order valence-corrected chi connectivity index (χ0v) is 9.51. The van der Waals surface area contributed by atoms with Crippen LogP contribution in [0.5, 0.6) is 0 Å². The summed E-state index contributed by atoms with van der Waals surface area (Å²) >= 11 is 5.83. The van der Waals surface area contributed by atoms with E-state index in [-0.39, 0.29) is 5.02 Å². The summed E-state index contributed by atoms with van der Waals surface area (Å²) in [6.45, 7) is 0.371. The molecule has 0 saturated heterocycles. The van der Waals surface area contributed by atoms with Crippen molar-refractivity contribution in [3.8, 4) is 0 Å². The van der Waals surface area contributed by atoms with Gasteiger partial charge in [-0.3, -0.25) is 4.98 Å². The van der Waals surface area contributed by atoms with Crippen LogP contribution in [0.25, 0.3) is 0 Å². The van der Waals surface area contributed by atoms with E-state index in [9.17, 15) is 8.78 Å². The van der Waals surface area contributed by atoms with Crippen LogP contribution in [-0.4, -0.2) is 4.98 Å². The smallest absolute Gasteiger partial charge is 0.141 e. The van der Waals surface area contributed by atoms with Gasteiger partial charge < -0.3 is 5.32 Å². The molecule has 2 aromatic rings. The Hall–Kier alpha value is -1.68. The van der Waals surface area contributed by atoms with Gasteiger partial charge in [0.2, 0.25) is 0 Å². The molecule has 17 heavy (non-hydrogen) atoms. The summed E-state index contributed by atoms with van der Waals surface area (Å²) in [6, 6.07) is 5.42. The van der Waals surface area contributed by atoms with E-state index in [1.807, 2.05) is 0 Å². The number of aromatic nitrogens is 1. The van der Waals surface area contributed by atoms with E-state index in [1.54, 1.807) is 6.20 Å². The van der Waals surface area contributed by atoms with Crippen molar-refractivity contribution in [1.29, 1.82) is 0 Å². The maximum absolute atomic E-state index is 12.9. The normalized spacial score (nSPS) is 10.3. The number of halogens is 3. The quantitative estimate of drug-likeness (QED) is 0.905. The third kappa shape index (κ3) is 3.14. The molecule has 0 fully saturated rings. The molecule has 1 aromatic heterocycles. The molecule has 2 rings (SSSR count). The number of rotatable bonds is 3. The van der Waals surface area contributed by atoms with Crippen LogP contribution < -0.4 is 5.32 Å². The molecule has 1 N–H and O–H groups in total. The molecule has 2 nitrogen and oxygen atoms in total. The minimum atomic E-state index is -0.395. The highest BCUT2D eigenvalue weighted by Crippen LogP contribution is 2.22. The van der Waals surface area contributed by atoms with E-state index >= 15 is 0 Å². The van der Waals surface area contributed by atoms with Crippen LogP contribution in [0.15, 0.2) is 36.7 Å². The zero-order valence-electron chi connectivity index (χ0n) is 8.75. The van der Waals surface area contributed by atoms with Crippen molar-refractivity contribution >= 4 is 17.3 Å². The van der Waals surface area contributed by atoms with Crippen molar-refractivity contribution < 1.29 is 8.78 Å². The Morgan fingerprint density at radius 2 is 1.94 bits per heavy atom. The Balaban J connectivity index is 2.07. The molecule has 0 unspecified atom stereocenters. The number of benzene rings is 1. The molecule has 0 aliphatic rings. The van der Waals surface area contributed by atoms with Gasteiger partial charge in [-0.05, 0) is 29.8 Å². The van der Waals surface area contributed by atoms with Crippen molar-refractivity contribution in [3.05, 3.63) is 58.9 Å². The lowest BCUT2D eigenvalue weighted by Gasteiger charge is -2.08. The molecule has 0 bridgehead atoms. The second kappa shape index (κ2) is 5.10. The van der Waals surface area contributed by atoms with Gasteiger partial charge in [0.05, 0.1) is 16.9 Å². The number of pyridine rings is 1. The number of hydrogen-bond acceptors (Lipinski definition) is 2. The van der Waals surface area contributed by atoms with E-state index in [4.69, 9.17) is 11.6 Å². The molecule has 0 amide bonds. The summed E-state index contributed by atoms with van der Waals surface area (Å²) in [5, 5.41) is 3.26. The maximum Gasteiger partial charge on any atom is 0.141 e. The summed E-state index contributed by atoms with van der Waals surface area (Å²) in [4.78, 5) is 3.73. The largest absolute Gasteiger partial charge is 0.380 e. The van der Waals surface area contributed by atoms with E-state index in [2.05, 4.69) is 10.3 Å². The minimum absolute atomic E-state index is 0.286. The van der Waals surface area contributed by atoms with Crippen LogP contribution in [0, 0.1) is 11.6 Å². The van der Waals surface area contributed by atoms with E-state index in [0.717, 1.165) is 6.20 Å². The lowest BCUT2D eigenvalue weighted by molar-refractivity contribution is 0.619. The van der Waals surface area contributed by atoms with Gasteiger partial charge in [-0.15, -0.1) is 0 Å². The average molecular weight is 255 g/mol. The zero-order chi connectivity index (χ0) is 12.3. The molecule has 0 spiro atoms. The van der Waals surface area contributed by atoms with Crippen molar-refractivity contribution in [3.63, 3.8) is 0 Å². The molecule has 0 aliphatic heterocycles. The SMILES string of the molecule is Fc1cncc(CNc2ccc(F)cc2Cl)c1. The first-order chi connectivity index (χ1) is 8.15. The van der Waals surface area contributed by atoms with Crippen molar-refractivity contribution in [2.45, 2.75) is 6.54 Å². The molecule has 1 heterocycles. The van der Waals surface area contributed by atoms with Gasteiger partial charge in [-0.25, -0.2) is 8.78 Å². The van der Waals surface area contributed by atoms with Crippen molar-refractivity contribution in [2.75, 3.05) is 5.32 Å². The minimum Gasteiger partial charge on any atom is -0.380 e. The van der Waals surface area contributed by atoms with Gasteiger partial charge >= 0.3 is 0 Å². The standard InChI is InChI=1S/C12H9ClF2N2/c13-11-4-9(14)1-2-12(11)17-6-8-3-10(15)7-16-5-8/h1-5,7,17H,6H2. The number of nitrogens with one attached hydrogen (secondary N) is 1. The van der Waals surface area contributed by atoms with Crippen molar-refractivity contribution in [1.82, 2.24) is 4.98 Å². The van der Waals surface area contributed by atoms with Crippen LogP contribution >= 0.6 is 11.6 Å². The molecule has 5 heteroatoms. The third-order valence-electron chi connectivity index (χ3n) is 2.18. The predicted molar refractivity (Wildman–Crippen MR) is 62.9 cm³/mol. The van der Waals surface area contributed by atoms with Crippen LogP contribution in [0.1, 0.15) is 5.56 Å². The fraction of sp³-hybridized carbons (Fsp3) is 0.0833. The van der Waals surface area contributed by atoms with Gasteiger partial charge in [-0.1, -0.05) is 11.6 Å². The molecule has 1 aromatic carbocycles. The first-order valence-electron chi connectivity index (χ1n) is 4.93. The van der Waals surface area contributed by atoms with E-state index < -0.39 is 11.6 Å². The third-order valence-corrected chi connectivity index (χ3v) is 2.49. The van der Waals surface area contributed by atoms with Gasteiger partial charge in [0.25, 0.3) is 0 Å². The summed E-state index contributed by atoms with van der Waals surface area (Å²) in [6.07, 6.45) is 2.68. The Kier molecular flexibility index (Phi) is 3.54. The maximum atomic E-state index is 12.9. The van der Waals surface area contributed by atoms with Crippen molar-refractivity contribution in [2.24, 2.45) is 0 Å². The summed E-state index contributed by atoms with van der Waals surface area (Å²) in [7, 11) is 0. The van der Waals surface area contributed by atoms with Gasteiger partial charge in [0.1, 0.15) is 11.6 Å². The van der Waals surface area contributed by atoms with Crippen LogP contribution in [-0.2, 0) is 6.54 Å². The summed E-state index contributed by atoms with van der Waals surface area (Å²) < 4.78 is 25.7. The molecule has 0 saturated carbocycles. The molecule has 0 radical (unpaired) electrons. The number of nitrogens with zero attached hydrogens (tertiary/aromatic N) is 1. The topological polar surface area (TPSA) is 24.9 Å². The number of anilines is 1. The number of hydrogen-bond donors (Lipinski definition) is 1. The molecular formula is C12H9ClF2N2. The van der Waals surface area contributed by atoms with E-state index in [0.29, 0.717) is 17.8 Å². The summed E-state index contributed by atoms with van der Waals surface area (Å²) in [5.41, 5.74) is 1.28. The first-order valence-corrected chi connectivity index (χ1v) is 5.31. The highest BCUT2D eigenvalue weighted by molar-refractivity contribution is 6.33. The Bertz CT molecular complexity index is 532. The monoisotopic (exact) mass is 254 g/mol. The van der Waals surface area contributed by atoms with Gasteiger partial charge in [0, 0.05) is 12.7 Å². The Morgan fingerprint density at radius 3 is 2.65 bits per heavy atom. The predicted octanol–water partition coefficient (Wildman–Crippen LogP) is 3.63.